The van der Waals surface area contributed by atoms with Crippen LogP contribution in [0.2, 0.25) is 0 Å². The zero-order chi connectivity index (χ0) is 13.8. The second kappa shape index (κ2) is 5.48. The average molecular weight is 261 g/mol. The molecule has 0 aliphatic rings. The number of hydrogen-bond donors (Lipinski definition) is 0. The maximum Gasteiger partial charge on any atom is 0.250 e. The van der Waals surface area contributed by atoms with E-state index in [9.17, 15) is 9.18 Å². The van der Waals surface area contributed by atoms with Crippen molar-refractivity contribution < 1.29 is 18.7 Å². The quantitative estimate of drug-likeness (QED) is 0.793. The monoisotopic (exact) mass is 261 g/mol. The molecule has 98 valence electrons. The van der Waals surface area contributed by atoms with Crippen molar-refractivity contribution in [3.05, 3.63) is 53.5 Å². The number of nitrogens with zero attached hydrogens (tertiary/aromatic N) is 1. The summed E-state index contributed by atoms with van der Waals surface area (Å²) in [6.45, 7) is 0. The second-order valence-electron chi connectivity index (χ2n) is 3.74. The summed E-state index contributed by atoms with van der Waals surface area (Å²) < 4.78 is 23.7. The maximum atomic E-state index is 13.9. The smallest absolute Gasteiger partial charge is 0.250 e. The van der Waals surface area contributed by atoms with E-state index in [1.807, 2.05) is 0 Å². The Bertz CT molecular complexity index is 596. The number of hydrogen-bond acceptors (Lipinski definition) is 4. The van der Waals surface area contributed by atoms with Gasteiger partial charge >= 0.3 is 0 Å². The van der Waals surface area contributed by atoms with Crippen molar-refractivity contribution in [2.45, 2.75) is 0 Å². The van der Waals surface area contributed by atoms with Crippen LogP contribution in [0, 0.1) is 5.82 Å². The second-order valence-corrected chi connectivity index (χ2v) is 3.74. The fourth-order valence-corrected chi connectivity index (χ4v) is 1.64. The summed E-state index contributed by atoms with van der Waals surface area (Å²) in [5, 5.41) is 0. The van der Waals surface area contributed by atoms with Crippen LogP contribution < -0.4 is 9.47 Å². The van der Waals surface area contributed by atoms with Crippen LogP contribution in [-0.2, 0) is 0 Å². The number of pyridine rings is 1. The van der Waals surface area contributed by atoms with Crippen molar-refractivity contribution in [3.63, 3.8) is 0 Å². The summed E-state index contributed by atoms with van der Waals surface area (Å²) in [6, 6.07) is 7.76. The van der Waals surface area contributed by atoms with Gasteiger partial charge in [0.05, 0.1) is 19.8 Å². The molecule has 0 amide bonds. The maximum absolute atomic E-state index is 13.9. The van der Waals surface area contributed by atoms with Crippen molar-refractivity contribution in [2.75, 3.05) is 14.2 Å². The van der Waals surface area contributed by atoms with Gasteiger partial charge in [0.1, 0.15) is 5.75 Å². The van der Waals surface area contributed by atoms with Gasteiger partial charge < -0.3 is 9.47 Å². The third-order valence-corrected chi connectivity index (χ3v) is 2.65. The van der Waals surface area contributed by atoms with E-state index in [-0.39, 0.29) is 11.4 Å². The molecular weight excluding hydrogens is 249 g/mol. The van der Waals surface area contributed by atoms with Crippen LogP contribution in [0.4, 0.5) is 4.39 Å². The van der Waals surface area contributed by atoms with Crippen LogP contribution in [0.15, 0.2) is 36.5 Å². The minimum absolute atomic E-state index is 0.0722. The molecule has 1 aromatic carbocycles. The number of carbonyl (C=O) groups excluding carboxylic acids is 1. The van der Waals surface area contributed by atoms with E-state index < -0.39 is 11.6 Å². The Morgan fingerprint density at radius 1 is 1.11 bits per heavy atom. The van der Waals surface area contributed by atoms with E-state index in [0.29, 0.717) is 11.3 Å². The fraction of sp³-hybridized carbons (Fsp3) is 0.143. The summed E-state index contributed by atoms with van der Waals surface area (Å²) in [6.07, 6.45) is 1.33. The van der Waals surface area contributed by atoms with Crippen LogP contribution >= 0.6 is 0 Å². The van der Waals surface area contributed by atoms with Gasteiger partial charge in [-0.3, -0.25) is 4.79 Å². The number of halogens is 1. The van der Waals surface area contributed by atoms with E-state index in [0.717, 1.165) is 0 Å². The summed E-state index contributed by atoms with van der Waals surface area (Å²) >= 11 is 0. The molecule has 4 nitrogen and oxygen atoms in total. The normalized spacial score (nSPS) is 10.1. The van der Waals surface area contributed by atoms with Gasteiger partial charge in [0.25, 0.3) is 5.88 Å². The highest BCUT2D eigenvalue weighted by atomic mass is 19.1. The van der Waals surface area contributed by atoms with Gasteiger partial charge in [-0.2, -0.15) is 0 Å². The van der Waals surface area contributed by atoms with Gasteiger partial charge in [0.2, 0.25) is 0 Å². The molecule has 2 aromatic rings. The topological polar surface area (TPSA) is 48.4 Å². The summed E-state index contributed by atoms with van der Waals surface area (Å²) in [5.41, 5.74) is 0.296. The Kier molecular flexibility index (Phi) is 3.75. The Morgan fingerprint density at radius 2 is 1.79 bits per heavy atom. The van der Waals surface area contributed by atoms with E-state index in [2.05, 4.69) is 4.98 Å². The third kappa shape index (κ3) is 2.54. The molecule has 0 saturated heterocycles. The number of rotatable bonds is 4. The largest absolute Gasteiger partial charge is 0.497 e. The average Bonchev–Trinajstić information content (AvgIpc) is 2.47. The number of methoxy groups -OCH3 is 2. The van der Waals surface area contributed by atoms with Crippen molar-refractivity contribution in [1.82, 2.24) is 4.98 Å². The molecule has 0 bridgehead atoms. The predicted octanol–water partition coefficient (Wildman–Crippen LogP) is 2.47. The van der Waals surface area contributed by atoms with Gasteiger partial charge in [-0.15, -0.1) is 0 Å². The molecule has 0 aliphatic heterocycles. The standard InChI is InChI=1S/C14H12FNO3/c1-18-10-5-3-9(4-6-10)13(17)11-7-8-16-14(19-2)12(11)15/h3-8H,1-2H3. The van der Waals surface area contributed by atoms with E-state index in [1.54, 1.807) is 24.3 Å². The van der Waals surface area contributed by atoms with Crippen LogP contribution in [-0.4, -0.2) is 25.0 Å². The molecule has 0 fully saturated rings. The van der Waals surface area contributed by atoms with Crippen molar-refractivity contribution in [3.8, 4) is 11.6 Å². The van der Waals surface area contributed by atoms with Crippen LogP contribution in [0.25, 0.3) is 0 Å². The minimum atomic E-state index is -0.759. The molecule has 2 rings (SSSR count). The number of carbonyl (C=O) groups is 1. The molecule has 0 spiro atoms. The van der Waals surface area contributed by atoms with E-state index in [1.165, 1.54) is 26.5 Å². The number of ether oxygens (including phenoxy) is 2. The Morgan fingerprint density at radius 3 is 2.37 bits per heavy atom. The SMILES string of the molecule is COc1ccc(C(=O)c2ccnc(OC)c2F)cc1. The van der Waals surface area contributed by atoms with Gasteiger partial charge in [-0.25, -0.2) is 9.37 Å². The van der Waals surface area contributed by atoms with E-state index in [4.69, 9.17) is 9.47 Å². The fourth-order valence-electron chi connectivity index (χ4n) is 1.64. The number of aromatic nitrogens is 1. The number of ketones is 1. The molecule has 0 N–H and O–H groups in total. The van der Waals surface area contributed by atoms with Crippen LogP contribution in [0.1, 0.15) is 15.9 Å². The molecule has 19 heavy (non-hydrogen) atoms. The highest BCUT2D eigenvalue weighted by Gasteiger charge is 2.18. The predicted molar refractivity (Wildman–Crippen MR) is 67.2 cm³/mol. The zero-order valence-corrected chi connectivity index (χ0v) is 10.5. The molecule has 0 radical (unpaired) electrons. The zero-order valence-electron chi connectivity index (χ0n) is 10.5. The molecule has 5 heteroatoms. The van der Waals surface area contributed by atoms with Gasteiger partial charge in [-0.05, 0) is 30.3 Å². The van der Waals surface area contributed by atoms with Crippen molar-refractivity contribution in [1.29, 1.82) is 0 Å². The third-order valence-electron chi connectivity index (χ3n) is 2.65. The lowest BCUT2D eigenvalue weighted by Crippen LogP contribution is -2.06. The Balaban J connectivity index is 2.38. The lowest BCUT2D eigenvalue weighted by Gasteiger charge is -2.06. The minimum Gasteiger partial charge on any atom is -0.497 e. The summed E-state index contributed by atoms with van der Waals surface area (Å²) in [5.74, 6) is -0.754. The molecule has 1 heterocycles. The highest BCUT2D eigenvalue weighted by molar-refractivity contribution is 6.09. The number of benzene rings is 1. The first-order valence-electron chi connectivity index (χ1n) is 5.54. The lowest BCUT2D eigenvalue weighted by atomic mass is 10.0. The van der Waals surface area contributed by atoms with Crippen LogP contribution in [0.3, 0.4) is 0 Å². The molecule has 1 aromatic heterocycles. The molecule has 0 atom stereocenters. The van der Waals surface area contributed by atoms with E-state index >= 15 is 0 Å². The molecule has 0 aliphatic carbocycles. The lowest BCUT2D eigenvalue weighted by molar-refractivity contribution is 0.103. The van der Waals surface area contributed by atoms with Crippen LogP contribution in [0.5, 0.6) is 11.6 Å². The van der Waals surface area contributed by atoms with Gasteiger partial charge in [0, 0.05) is 11.8 Å². The highest BCUT2D eigenvalue weighted by Crippen LogP contribution is 2.21. The van der Waals surface area contributed by atoms with Crippen molar-refractivity contribution in [2.24, 2.45) is 0 Å². The first-order chi connectivity index (χ1) is 9.17. The first-order valence-corrected chi connectivity index (χ1v) is 5.54. The van der Waals surface area contributed by atoms with Crippen molar-refractivity contribution >= 4 is 5.78 Å². The Labute approximate surface area is 109 Å². The summed E-state index contributed by atoms with van der Waals surface area (Å²) in [4.78, 5) is 15.9. The first kappa shape index (κ1) is 13.0. The van der Waals surface area contributed by atoms with Gasteiger partial charge in [-0.1, -0.05) is 0 Å². The Hall–Kier alpha value is -2.43. The molecule has 0 saturated carbocycles. The molecular formula is C14H12FNO3. The van der Waals surface area contributed by atoms with Gasteiger partial charge in [0.15, 0.2) is 11.6 Å². The summed E-state index contributed by atoms with van der Waals surface area (Å²) in [7, 11) is 2.83. The molecule has 0 unspecified atom stereocenters.